The summed E-state index contributed by atoms with van der Waals surface area (Å²) in [6.07, 6.45) is -1.81. The molecule has 1 aromatic heterocycles. The van der Waals surface area contributed by atoms with Gasteiger partial charge in [-0.25, -0.2) is 4.68 Å². The quantitative estimate of drug-likeness (QED) is 0.454. The Bertz CT molecular complexity index is 639. The van der Waals surface area contributed by atoms with Gasteiger partial charge in [0.2, 0.25) is 0 Å². The molecule has 100 valence electrons. The minimum absolute atomic E-state index is 0.112. The Morgan fingerprint density at radius 3 is 2.53 bits per heavy atom. The summed E-state index contributed by atoms with van der Waals surface area (Å²) in [7, 11) is 0. The maximum Gasteiger partial charge on any atom is 0.423 e. The molecule has 0 amide bonds. The van der Waals surface area contributed by atoms with Gasteiger partial charge in [0, 0.05) is 12.3 Å². The van der Waals surface area contributed by atoms with Crippen molar-refractivity contribution in [3.63, 3.8) is 0 Å². The van der Waals surface area contributed by atoms with E-state index in [4.69, 9.17) is 0 Å². The van der Waals surface area contributed by atoms with E-state index in [1.807, 2.05) is 22.6 Å². The molecule has 1 heterocycles. The number of hydrogen-bond acceptors (Lipinski definition) is 3. The van der Waals surface area contributed by atoms with E-state index in [9.17, 15) is 23.3 Å². The maximum atomic E-state index is 12.8. The Balaban J connectivity index is 2.59. The van der Waals surface area contributed by atoms with Gasteiger partial charge in [0.15, 0.2) is 0 Å². The van der Waals surface area contributed by atoms with E-state index in [2.05, 4.69) is 5.10 Å². The van der Waals surface area contributed by atoms with Crippen LogP contribution in [0, 0.1) is 13.7 Å². The number of halogens is 4. The fourth-order valence-corrected chi connectivity index (χ4v) is 1.88. The molecule has 0 bridgehead atoms. The predicted octanol–water partition coefficient (Wildman–Crippen LogP) is 3.40. The highest BCUT2D eigenvalue weighted by atomic mass is 127. The van der Waals surface area contributed by atoms with Crippen LogP contribution in [0.15, 0.2) is 30.6 Å². The molecule has 5 nitrogen and oxygen atoms in total. The van der Waals surface area contributed by atoms with E-state index < -0.39 is 22.4 Å². The molecule has 0 atom stereocenters. The Morgan fingerprint density at radius 1 is 1.37 bits per heavy atom. The Kier molecular flexibility index (Phi) is 3.47. The van der Waals surface area contributed by atoms with E-state index in [0.717, 1.165) is 9.64 Å². The van der Waals surface area contributed by atoms with E-state index >= 15 is 0 Å². The van der Waals surface area contributed by atoms with Crippen LogP contribution in [0.2, 0.25) is 0 Å². The van der Waals surface area contributed by atoms with E-state index in [-0.39, 0.29) is 5.69 Å². The summed E-state index contributed by atoms with van der Waals surface area (Å²) in [6, 6.07) is 2.75. The molecule has 0 aliphatic rings. The first-order valence-electron chi connectivity index (χ1n) is 4.85. The summed E-state index contributed by atoms with van der Waals surface area (Å²) < 4.78 is 40.3. The molecule has 0 aliphatic heterocycles. The first-order chi connectivity index (χ1) is 8.79. The average molecular weight is 383 g/mol. The van der Waals surface area contributed by atoms with Crippen molar-refractivity contribution in [2.24, 2.45) is 0 Å². The highest BCUT2D eigenvalue weighted by Gasteiger charge is 2.38. The molecule has 0 N–H and O–H groups in total. The van der Waals surface area contributed by atoms with Crippen molar-refractivity contribution in [1.29, 1.82) is 0 Å². The molecular formula is C10H5F3IN3O2. The number of alkyl halides is 3. The summed E-state index contributed by atoms with van der Waals surface area (Å²) in [6.45, 7) is 0. The number of benzene rings is 1. The fraction of sp³-hybridized carbons (Fsp3) is 0.100. The van der Waals surface area contributed by atoms with Crippen molar-refractivity contribution in [1.82, 2.24) is 9.78 Å². The van der Waals surface area contributed by atoms with Gasteiger partial charge >= 0.3 is 6.18 Å². The largest absolute Gasteiger partial charge is 0.423 e. The Morgan fingerprint density at radius 2 is 2.05 bits per heavy atom. The monoisotopic (exact) mass is 383 g/mol. The van der Waals surface area contributed by atoms with Crippen LogP contribution in [-0.4, -0.2) is 14.7 Å². The molecule has 0 radical (unpaired) electrons. The number of nitro groups is 1. The second-order valence-electron chi connectivity index (χ2n) is 3.56. The van der Waals surface area contributed by atoms with Crippen LogP contribution in [0.4, 0.5) is 18.9 Å². The first-order valence-corrected chi connectivity index (χ1v) is 5.93. The molecule has 1 aromatic carbocycles. The van der Waals surface area contributed by atoms with Crippen LogP contribution in [0.25, 0.3) is 5.69 Å². The molecule has 2 rings (SSSR count). The summed E-state index contributed by atoms with van der Waals surface area (Å²) in [4.78, 5) is 9.55. The lowest BCUT2D eigenvalue weighted by molar-refractivity contribution is -0.388. The topological polar surface area (TPSA) is 61.0 Å². The third-order valence-corrected chi connectivity index (χ3v) is 2.85. The molecule has 0 unspecified atom stereocenters. The minimum atomic E-state index is -4.79. The summed E-state index contributed by atoms with van der Waals surface area (Å²) in [5.74, 6) is 0. The molecule has 0 saturated heterocycles. The summed E-state index contributed by atoms with van der Waals surface area (Å²) >= 11 is 1.96. The number of nitrogens with zero attached hydrogens (tertiary/aromatic N) is 3. The van der Waals surface area contributed by atoms with E-state index in [1.54, 1.807) is 0 Å². The number of aromatic nitrogens is 2. The van der Waals surface area contributed by atoms with Gasteiger partial charge in [-0.3, -0.25) is 10.1 Å². The third kappa shape index (κ3) is 2.85. The third-order valence-electron chi connectivity index (χ3n) is 2.30. The second kappa shape index (κ2) is 4.79. The fourth-order valence-electron chi connectivity index (χ4n) is 1.49. The van der Waals surface area contributed by atoms with Gasteiger partial charge in [-0.1, -0.05) is 0 Å². The predicted molar refractivity (Wildman–Crippen MR) is 67.9 cm³/mol. The molecule has 0 saturated carbocycles. The normalized spacial score (nSPS) is 11.6. The van der Waals surface area contributed by atoms with Crippen LogP contribution in [-0.2, 0) is 6.18 Å². The summed E-state index contributed by atoms with van der Waals surface area (Å²) in [5, 5.41) is 14.5. The van der Waals surface area contributed by atoms with Crippen LogP contribution < -0.4 is 0 Å². The molecule has 9 heteroatoms. The maximum absolute atomic E-state index is 12.8. The lowest BCUT2D eigenvalue weighted by Crippen LogP contribution is -2.10. The van der Waals surface area contributed by atoms with E-state index in [1.165, 1.54) is 23.1 Å². The molecule has 0 spiro atoms. The van der Waals surface area contributed by atoms with Gasteiger partial charge in [-0.2, -0.15) is 18.3 Å². The van der Waals surface area contributed by atoms with Crippen molar-refractivity contribution in [3.8, 4) is 5.69 Å². The smallest absolute Gasteiger partial charge is 0.258 e. The molecular weight excluding hydrogens is 378 g/mol. The SMILES string of the molecule is O=[N+]([O-])c1ccc(-n2cc(I)cn2)cc1C(F)(F)F. The number of rotatable bonds is 2. The zero-order valence-corrected chi connectivity index (χ0v) is 11.2. The van der Waals surface area contributed by atoms with Gasteiger partial charge < -0.3 is 0 Å². The lowest BCUT2D eigenvalue weighted by Gasteiger charge is -2.09. The lowest BCUT2D eigenvalue weighted by atomic mass is 10.1. The van der Waals surface area contributed by atoms with Crippen LogP contribution >= 0.6 is 22.6 Å². The van der Waals surface area contributed by atoms with Crippen molar-refractivity contribution >= 4 is 28.3 Å². The van der Waals surface area contributed by atoms with Crippen LogP contribution in [0.1, 0.15) is 5.56 Å². The standard InChI is InChI=1S/C10H5F3IN3O2/c11-10(12,13)8-3-7(1-2-9(8)17(18)19)16-5-6(14)4-15-16/h1-5H. The van der Waals surface area contributed by atoms with Crippen molar-refractivity contribution < 1.29 is 18.1 Å². The van der Waals surface area contributed by atoms with Gasteiger partial charge in [0.05, 0.1) is 20.4 Å². The van der Waals surface area contributed by atoms with E-state index in [0.29, 0.717) is 6.07 Å². The zero-order chi connectivity index (χ0) is 14.2. The first kappa shape index (κ1) is 13.8. The molecule has 0 fully saturated rings. The van der Waals surface area contributed by atoms with Crippen molar-refractivity contribution in [2.45, 2.75) is 6.18 Å². The average Bonchev–Trinajstić information content (AvgIpc) is 2.74. The van der Waals surface area contributed by atoms with Gasteiger partial charge in [0.1, 0.15) is 5.56 Å². The van der Waals surface area contributed by atoms with Crippen LogP contribution in [0.5, 0.6) is 0 Å². The second-order valence-corrected chi connectivity index (χ2v) is 4.81. The molecule has 19 heavy (non-hydrogen) atoms. The minimum Gasteiger partial charge on any atom is -0.258 e. The summed E-state index contributed by atoms with van der Waals surface area (Å²) in [5.41, 5.74) is -2.15. The number of nitro benzene ring substituents is 1. The highest BCUT2D eigenvalue weighted by Crippen LogP contribution is 2.37. The molecule has 0 aliphatic carbocycles. The van der Waals surface area contributed by atoms with Gasteiger partial charge in [0.25, 0.3) is 5.69 Å². The Labute approximate surface area is 118 Å². The van der Waals surface area contributed by atoms with Gasteiger partial charge in [-0.15, -0.1) is 0 Å². The Hall–Kier alpha value is -1.65. The van der Waals surface area contributed by atoms with Crippen LogP contribution in [0.3, 0.4) is 0 Å². The van der Waals surface area contributed by atoms with Crippen molar-refractivity contribution in [3.05, 3.63) is 49.8 Å². The molecule has 2 aromatic rings. The van der Waals surface area contributed by atoms with Gasteiger partial charge in [-0.05, 0) is 34.7 Å². The zero-order valence-electron chi connectivity index (χ0n) is 9.06. The highest BCUT2D eigenvalue weighted by molar-refractivity contribution is 14.1. The van der Waals surface area contributed by atoms with Crippen molar-refractivity contribution in [2.75, 3.05) is 0 Å². The number of hydrogen-bond donors (Lipinski definition) is 0.